The molecule has 0 spiro atoms. The average Bonchev–Trinajstić information content (AvgIpc) is 2.68. The Morgan fingerprint density at radius 3 is 2.60 bits per heavy atom. The van der Waals surface area contributed by atoms with E-state index in [1.54, 1.807) is 7.11 Å². The topological polar surface area (TPSA) is 37.4 Å². The molecule has 0 amide bonds. The maximum Gasteiger partial charge on any atom is 0.119 e. The Kier molecular flexibility index (Phi) is 4.45. The first kappa shape index (κ1) is 16.2. The molecule has 2 aromatic carbocycles. The van der Waals surface area contributed by atoms with Gasteiger partial charge < -0.3 is 15.0 Å². The van der Waals surface area contributed by atoms with Crippen LogP contribution in [-0.4, -0.2) is 42.7 Å². The molecule has 0 aliphatic carbocycles. The maximum atomic E-state index is 5.45. The van der Waals surface area contributed by atoms with Crippen molar-refractivity contribution in [3.05, 3.63) is 42.5 Å². The fourth-order valence-corrected chi connectivity index (χ4v) is 3.75. The van der Waals surface area contributed by atoms with E-state index in [1.807, 2.05) is 18.2 Å². The van der Waals surface area contributed by atoms with Crippen molar-refractivity contribution in [3.63, 3.8) is 0 Å². The highest BCUT2D eigenvalue weighted by atomic mass is 16.5. The smallest absolute Gasteiger partial charge is 0.119 e. The molecule has 1 saturated heterocycles. The van der Waals surface area contributed by atoms with Crippen LogP contribution in [0.25, 0.3) is 21.8 Å². The normalized spacial score (nSPS) is 16.4. The number of anilines is 1. The highest BCUT2D eigenvalue weighted by molar-refractivity contribution is 6.07. The third-order valence-corrected chi connectivity index (χ3v) is 5.27. The molecule has 3 aromatic rings. The van der Waals surface area contributed by atoms with Crippen LogP contribution in [0, 0.1) is 0 Å². The molecule has 1 aliphatic rings. The molecule has 0 saturated carbocycles. The van der Waals surface area contributed by atoms with Gasteiger partial charge in [-0.15, -0.1) is 0 Å². The molecule has 130 valence electrons. The molecule has 4 rings (SSSR count). The van der Waals surface area contributed by atoms with Crippen molar-refractivity contribution in [1.82, 2.24) is 9.88 Å². The van der Waals surface area contributed by atoms with Crippen LogP contribution in [0.5, 0.6) is 5.75 Å². The number of hydrogen-bond acceptors (Lipinski definition) is 4. The summed E-state index contributed by atoms with van der Waals surface area (Å²) in [5.41, 5.74) is 3.23. The number of nitrogens with zero attached hydrogens (tertiary/aromatic N) is 2. The molecule has 4 nitrogen and oxygen atoms in total. The van der Waals surface area contributed by atoms with Gasteiger partial charge in [-0.3, -0.25) is 0 Å². The summed E-state index contributed by atoms with van der Waals surface area (Å²) < 4.78 is 5.45. The van der Waals surface area contributed by atoms with E-state index < -0.39 is 0 Å². The van der Waals surface area contributed by atoms with Gasteiger partial charge in [0.2, 0.25) is 0 Å². The zero-order valence-corrected chi connectivity index (χ0v) is 15.0. The molecule has 25 heavy (non-hydrogen) atoms. The van der Waals surface area contributed by atoms with Gasteiger partial charge in [-0.25, -0.2) is 4.98 Å². The van der Waals surface area contributed by atoms with Gasteiger partial charge in [-0.05, 0) is 43.7 Å². The lowest BCUT2D eigenvalue weighted by atomic mass is 10.0. The fraction of sp³-hybridized carbons (Fsp3) is 0.381. The second-order valence-corrected chi connectivity index (χ2v) is 6.74. The number of pyridine rings is 1. The van der Waals surface area contributed by atoms with Crippen molar-refractivity contribution in [2.45, 2.75) is 25.8 Å². The molecular weight excluding hydrogens is 310 g/mol. The molecule has 2 heterocycles. The Morgan fingerprint density at radius 2 is 1.84 bits per heavy atom. The first-order chi connectivity index (χ1) is 12.3. The quantitative estimate of drug-likeness (QED) is 0.722. The third-order valence-electron chi connectivity index (χ3n) is 5.27. The van der Waals surface area contributed by atoms with Crippen molar-refractivity contribution in [2.75, 3.05) is 32.1 Å². The largest absolute Gasteiger partial charge is 0.497 e. The van der Waals surface area contributed by atoms with Gasteiger partial charge in [0.15, 0.2) is 0 Å². The highest BCUT2D eigenvalue weighted by Crippen LogP contribution is 2.34. The summed E-state index contributed by atoms with van der Waals surface area (Å²) in [7, 11) is 1.71. The lowest BCUT2D eigenvalue weighted by Gasteiger charge is -2.32. The number of aromatic nitrogens is 1. The molecule has 4 heteroatoms. The monoisotopic (exact) mass is 335 g/mol. The zero-order valence-electron chi connectivity index (χ0n) is 15.0. The number of hydrogen-bond donors (Lipinski definition) is 1. The average molecular weight is 335 g/mol. The molecule has 1 N–H and O–H groups in total. The second kappa shape index (κ2) is 6.89. The van der Waals surface area contributed by atoms with E-state index in [0.717, 1.165) is 28.7 Å². The van der Waals surface area contributed by atoms with Crippen LogP contribution < -0.4 is 10.1 Å². The fourth-order valence-electron chi connectivity index (χ4n) is 3.75. The van der Waals surface area contributed by atoms with Crippen LogP contribution >= 0.6 is 0 Å². The molecule has 0 radical (unpaired) electrons. The summed E-state index contributed by atoms with van der Waals surface area (Å²) in [5.74, 6) is 0.869. The number of ether oxygens (including phenoxy) is 1. The van der Waals surface area contributed by atoms with E-state index in [2.05, 4.69) is 41.4 Å². The minimum Gasteiger partial charge on any atom is -0.497 e. The molecule has 0 unspecified atom stereocenters. The van der Waals surface area contributed by atoms with Crippen molar-refractivity contribution >= 4 is 27.5 Å². The van der Waals surface area contributed by atoms with E-state index in [9.17, 15) is 0 Å². The highest BCUT2D eigenvalue weighted by Gasteiger charge is 2.20. The van der Waals surface area contributed by atoms with Gasteiger partial charge in [0.1, 0.15) is 5.75 Å². The van der Waals surface area contributed by atoms with E-state index in [1.165, 1.54) is 37.0 Å². The number of fused-ring (bicyclic) bond motifs is 2. The molecule has 1 fully saturated rings. The van der Waals surface area contributed by atoms with Gasteiger partial charge in [-0.1, -0.05) is 25.1 Å². The Balaban J connectivity index is 1.78. The molecule has 0 bridgehead atoms. The van der Waals surface area contributed by atoms with Crippen molar-refractivity contribution in [2.24, 2.45) is 0 Å². The van der Waals surface area contributed by atoms with Crippen LogP contribution in [0.3, 0.4) is 0 Å². The molecule has 0 atom stereocenters. The Hall–Kier alpha value is -2.33. The van der Waals surface area contributed by atoms with Crippen molar-refractivity contribution < 1.29 is 4.74 Å². The summed E-state index contributed by atoms with van der Waals surface area (Å²) >= 11 is 0. The first-order valence-corrected chi connectivity index (χ1v) is 9.14. The van der Waals surface area contributed by atoms with E-state index in [-0.39, 0.29) is 0 Å². The number of benzene rings is 2. The number of methoxy groups -OCH3 is 1. The first-order valence-electron chi connectivity index (χ1n) is 9.14. The third kappa shape index (κ3) is 3.14. The van der Waals surface area contributed by atoms with Gasteiger partial charge in [0.05, 0.1) is 23.8 Å². The number of nitrogens with one attached hydrogen (secondary N) is 1. The number of piperidine rings is 1. The van der Waals surface area contributed by atoms with E-state index >= 15 is 0 Å². The predicted octanol–water partition coefficient (Wildman–Crippen LogP) is 4.29. The lowest BCUT2D eigenvalue weighted by molar-refractivity contribution is 0.230. The van der Waals surface area contributed by atoms with Gasteiger partial charge in [0.25, 0.3) is 0 Å². The molecular formula is C21H25N3O. The minimum atomic E-state index is 0.503. The molecule has 1 aliphatic heterocycles. The van der Waals surface area contributed by atoms with Gasteiger partial charge in [-0.2, -0.15) is 0 Å². The van der Waals surface area contributed by atoms with Gasteiger partial charge >= 0.3 is 0 Å². The Labute approximate surface area is 148 Å². The lowest BCUT2D eigenvalue weighted by Crippen LogP contribution is -2.38. The van der Waals surface area contributed by atoms with Crippen LogP contribution in [0.15, 0.2) is 42.5 Å². The maximum absolute atomic E-state index is 5.45. The van der Waals surface area contributed by atoms with Crippen LogP contribution in [0.1, 0.15) is 19.8 Å². The van der Waals surface area contributed by atoms with Gasteiger partial charge in [0, 0.05) is 29.9 Å². The number of likely N-dealkylation sites (tertiary alicyclic amines) is 1. The van der Waals surface area contributed by atoms with E-state index in [4.69, 9.17) is 9.72 Å². The van der Waals surface area contributed by atoms with Crippen LogP contribution in [0.4, 0.5) is 5.69 Å². The number of rotatable bonds is 4. The molecule has 1 aromatic heterocycles. The second-order valence-electron chi connectivity index (χ2n) is 6.74. The van der Waals surface area contributed by atoms with E-state index in [0.29, 0.717) is 6.04 Å². The van der Waals surface area contributed by atoms with Crippen LogP contribution in [-0.2, 0) is 0 Å². The Morgan fingerprint density at radius 1 is 1.08 bits per heavy atom. The van der Waals surface area contributed by atoms with Crippen LogP contribution in [0.2, 0.25) is 0 Å². The summed E-state index contributed by atoms with van der Waals surface area (Å²) in [4.78, 5) is 7.35. The standard InChI is InChI=1S/C21H25N3O/c1-3-24-12-10-15(11-13-24)22-21-17-6-4-5-7-19(17)23-20-9-8-16(25-2)14-18(20)21/h4-9,14-15H,3,10-13H2,1-2H3,(H,22,23). The Bertz CT molecular complexity index is 885. The summed E-state index contributed by atoms with van der Waals surface area (Å²) in [6, 6.07) is 15.0. The summed E-state index contributed by atoms with van der Waals surface area (Å²) in [6.07, 6.45) is 2.35. The summed E-state index contributed by atoms with van der Waals surface area (Å²) in [5, 5.41) is 6.16. The number of para-hydroxylation sites is 1. The van der Waals surface area contributed by atoms with Crippen molar-refractivity contribution in [3.8, 4) is 5.75 Å². The predicted molar refractivity (Wildman–Crippen MR) is 105 cm³/mol. The summed E-state index contributed by atoms with van der Waals surface area (Å²) in [6.45, 7) is 5.71. The SMILES string of the molecule is CCN1CCC(Nc2c3ccccc3nc3ccc(OC)cc23)CC1. The van der Waals surface area contributed by atoms with Crippen molar-refractivity contribution in [1.29, 1.82) is 0 Å². The minimum absolute atomic E-state index is 0.503. The zero-order chi connectivity index (χ0) is 17.2.